The molecule has 0 spiro atoms. The zero-order chi connectivity index (χ0) is 16.7. The zero-order valence-electron chi connectivity index (χ0n) is 14.6. The number of allylic oxidation sites excluding steroid dienone is 2. The van der Waals surface area contributed by atoms with Crippen LogP contribution in [0.2, 0.25) is 0 Å². The maximum Gasteiger partial charge on any atom is 0.200 e. The number of aryl methyl sites for hydroxylation is 1. The lowest BCUT2D eigenvalue weighted by Crippen LogP contribution is -2.38. The van der Waals surface area contributed by atoms with E-state index in [0.717, 1.165) is 48.1 Å². The van der Waals surface area contributed by atoms with Crippen molar-refractivity contribution in [3.8, 4) is 11.5 Å². The van der Waals surface area contributed by atoms with Gasteiger partial charge in [0.25, 0.3) is 0 Å². The number of rotatable bonds is 3. The third-order valence-corrected chi connectivity index (χ3v) is 5.47. The third kappa shape index (κ3) is 3.87. The van der Waals surface area contributed by atoms with E-state index >= 15 is 0 Å². The molecule has 0 aromatic heterocycles. The van der Waals surface area contributed by atoms with Crippen molar-refractivity contribution in [2.75, 3.05) is 0 Å². The van der Waals surface area contributed by atoms with Crippen LogP contribution >= 0.6 is 0 Å². The lowest BCUT2D eigenvalue weighted by atomic mass is 9.68. The summed E-state index contributed by atoms with van der Waals surface area (Å²) in [5, 5.41) is 21.0. The van der Waals surface area contributed by atoms with Crippen molar-refractivity contribution in [1.29, 1.82) is 0 Å². The molecule has 2 N–H and O–H groups in total. The van der Waals surface area contributed by atoms with E-state index in [0.29, 0.717) is 11.7 Å². The van der Waals surface area contributed by atoms with Gasteiger partial charge in [0, 0.05) is 17.0 Å². The molecule has 142 valence electrons. The van der Waals surface area contributed by atoms with Gasteiger partial charge in [0.15, 0.2) is 0 Å². The quantitative estimate of drug-likeness (QED) is 0.656. The Labute approximate surface area is 153 Å². The molecule has 1 aromatic carbocycles. The Morgan fingerprint density at radius 3 is 2.56 bits per heavy atom. The third-order valence-electron chi connectivity index (χ3n) is 5.47. The van der Waals surface area contributed by atoms with Crippen molar-refractivity contribution in [3.63, 3.8) is 0 Å². The minimum absolute atomic E-state index is 0. The van der Waals surface area contributed by atoms with Crippen LogP contribution in [0.15, 0.2) is 17.7 Å². The summed E-state index contributed by atoms with van der Waals surface area (Å²) >= 11 is 0. The molecule has 3 heteroatoms. The number of aromatic hydroxyl groups is 1. The Morgan fingerprint density at radius 2 is 1.92 bits per heavy atom. The van der Waals surface area contributed by atoms with Crippen LogP contribution in [-0.2, 0) is 0 Å². The molecule has 1 aliphatic heterocycles. The number of hydrogen-bond acceptors (Lipinski definition) is 3. The van der Waals surface area contributed by atoms with Crippen molar-refractivity contribution in [2.45, 2.75) is 86.4 Å². The number of ether oxygens (including phenoxy) is 1. The van der Waals surface area contributed by atoms with Gasteiger partial charge in [-0.3, -0.25) is 0 Å². The van der Waals surface area contributed by atoms with E-state index in [1.807, 2.05) is 6.92 Å². The summed E-state index contributed by atoms with van der Waals surface area (Å²) < 4.78 is 5.91. The molecule has 4 atom stereocenters. The van der Waals surface area contributed by atoms with E-state index in [9.17, 15) is 10.2 Å². The lowest BCUT2D eigenvalue weighted by Gasteiger charge is -2.43. The topological polar surface area (TPSA) is 49.7 Å². The Balaban J connectivity index is 0.00000156. The molecule has 0 radical (unpaired) electrons. The normalized spacial score (nSPS) is 26.4. The summed E-state index contributed by atoms with van der Waals surface area (Å²) in [5.74, 6) is 1.93. The van der Waals surface area contributed by atoms with Crippen molar-refractivity contribution < 1.29 is 14.9 Å². The first-order valence-electron chi connectivity index (χ1n) is 8.74. The van der Waals surface area contributed by atoms with Gasteiger partial charge in [0.1, 0.15) is 11.5 Å². The molecule has 1 aliphatic carbocycles. The fourth-order valence-electron chi connectivity index (χ4n) is 4.33. The highest BCUT2D eigenvalue weighted by atomic mass is 16.6. The van der Waals surface area contributed by atoms with Gasteiger partial charge in [-0.25, -0.2) is 0 Å². The van der Waals surface area contributed by atoms with Crippen LogP contribution in [0.4, 0.5) is 0 Å². The fraction of sp³-hybridized carbons (Fsp3) is 0.636. The van der Waals surface area contributed by atoms with Gasteiger partial charge >= 0.3 is 0 Å². The van der Waals surface area contributed by atoms with Crippen molar-refractivity contribution in [1.82, 2.24) is 0 Å². The van der Waals surface area contributed by atoms with Crippen LogP contribution in [0.3, 0.4) is 0 Å². The first kappa shape index (κ1) is 21.6. The Morgan fingerprint density at radius 1 is 1.24 bits per heavy atom. The van der Waals surface area contributed by atoms with Crippen molar-refractivity contribution in [2.24, 2.45) is 5.92 Å². The average molecular weight is 349 g/mol. The van der Waals surface area contributed by atoms with Crippen molar-refractivity contribution in [3.05, 3.63) is 34.4 Å². The maximum atomic E-state index is 10.6. The predicted molar refractivity (Wildman–Crippen MR) is 105 cm³/mol. The highest BCUT2D eigenvalue weighted by Crippen LogP contribution is 2.54. The largest absolute Gasteiger partial charge is 0.508 e. The van der Waals surface area contributed by atoms with E-state index in [-0.39, 0.29) is 26.7 Å². The summed E-state index contributed by atoms with van der Waals surface area (Å²) in [5.41, 5.74) is 4.43. The van der Waals surface area contributed by atoms with Crippen molar-refractivity contribution >= 4 is 0 Å². The number of phenolic OH excluding ortho intramolecular Hbond substituents is 1. The first-order valence-corrected chi connectivity index (χ1v) is 8.74. The molecule has 3 nitrogen and oxygen atoms in total. The molecule has 0 saturated carbocycles. The summed E-state index contributed by atoms with van der Waals surface area (Å²) in [4.78, 5) is 0. The second-order valence-electron chi connectivity index (χ2n) is 7.49. The second-order valence-corrected chi connectivity index (χ2v) is 7.49. The Kier molecular flexibility index (Phi) is 7.13. The van der Waals surface area contributed by atoms with Gasteiger partial charge in [0.05, 0.1) is 0 Å². The van der Waals surface area contributed by atoms with Crippen LogP contribution in [0.5, 0.6) is 11.5 Å². The van der Waals surface area contributed by atoms with E-state index in [1.165, 1.54) is 5.57 Å². The number of phenols is 1. The molecule has 1 aromatic rings. The fourth-order valence-corrected chi connectivity index (χ4v) is 4.33. The zero-order valence-corrected chi connectivity index (χ0v) is 14.6. The van der Waals surface area contributed by atoms with Gasteiger partial charge in [-0.15, -0.1) is 0 Å². The van der Waals surface area contributed by atoms with E-state index in [1.54, 1.807) is 6.07 Å². The Bertz CT molecular complexity index is 629. The van der Waals surface area contributed by atoms with Gasteiger partial charge in [-0.05, 0) is 69.9 Å². The first-order chi connectivity index (χ1) is 10.9. The van der Waals surface area contributed by atoms with E-state index in [2.05, 4.69) is 26.8 Å². The summed E-state index contributed by atoms with van der Waals surface area (Å²) in [6.07, 6.45) is 5.47. The summed E-state index contributed by atoms with van der Waals surface area (Å²) in [7, 11) is 0. The van der Waals surface area contributed by atoms with Crippen LogP contribution in [-0.4, -0.2) is 16.5 Å². The molecule has 0 amide bonds. The molecule has 1 unspecified atom stereocenters. The van der Waals surface area contributed by atoms with Crippen LogP contribution < -0.4 is 4.74 Å². The standard InChI is InChI=1S/C20H28O3.2CH4/c1-11(2)6-5-7-15-14-9-8-12(3)17-16(21)10-13(4)19(18(14)17)23-20(15)22;;/h6,10,12,14-15,20-22H,5,7-9H2,1-4H3;2*1H4/t12-,14+,15+,20?;;/m1../s1. The molecule has 2 aliphatic rings. The smallest absolute Gasteiger partial charge is 0.200 e. The lowest BCUT2D eigenvalue weighted by molar-refractivity contribution is -0.0881. The molecule has 0 bridgehead atoms. The highest BCUT2D eigenvalue weighted by molar-refractivity contribution is 5.58. The van der Waals surface area contributed by atoms with E-state index in [4.69, 9.17) is 4.74 Å². The van der Waals surface area contributed by atoms with Gasteiger partial charge in [0.2, 0.25) is 6.29 Å². The van der Waals surface area contributed by atoms with E-state index < -0.39 is 6.29 Å². The number of hydrogen-bond donors (Lipinski definition) is 2. The second kappa shape index (κ2) is 8.27. The minimum atomic E-state index is -0.748. The molecule has 25 heavy (non-hydrogen) atoms. The molecular weight excluding hydrogens is 312 g/mol. The van der Waals surface area contributed by atoms with Gasteiger partial charge < -0.3 is 14.9 Å². The maximum absolute atomic E-state index is 10.6. The Hall–Kier alpha value is -1.48. The number of aliphatic hydroxyl groups excluding tert-OH is 1. The SMILES string of the molecule is C.C.CC(C)=CCC[C@@H]1C(O)Oc2c(C)cc(O)c3c2[C@H]1CC[C@H]3C. The van der Waals surface area contributed by atoms with Crippen LogP contribution in [0.1, 0.15) is 89.8 Å². The number of aliphatic hydroxyl groups is 1. The average Bonchev–Trinajstić information content (AvgIpc) is 2.47. The summed E-state index contributed by atoms with van der Waals surface area (Å²) in [6.45, 7) is 8.32. The minimum Gasteiger partial charge on any atom is -0.508 e. The highest BCUT2D eigenvalue weighted by Gasteiger charge is 2.42. The monoisotopic (exact) mass is 348 g/mol. The molecule has 0 saturated heterocycles. The molecule has 0 fully saturated rings. The summed E-state index contributed by atoms with van der Waals surface area (Å²) in [6, 6.07) is 1.78. The number of benzene rings is 1. The van der Waals surface area contributed by atoms with Gasteiger partial charge in [-0.2, -0.15) is 0 Å². The predicted octanol–water partition coefficient (Wildman–Crippen LogP) is 6.03. The molecular formula is C22H36O3. The molecule has 1 heterocycles. The molecule has 3 rings (SSSR count). The van der Waals surface area contributed by atoms with Crippen LogP contribution in [0.25, 0.3) is 0 Å². The van der Waals surface area contributed by atoms with Gasteiger partial charge in [-0.1, -0.05) is 33.4 Å². The van der Waals surface area contributed by atoms with Crippen LogP contribution in [0, 0.1) is 12.8 Å².